The fourth-order valence-corrected chi connectivity index (χ4v) is 3.29. The molecule has 3 aromatic rings. The van der Waals surface area contributed by atoms with Gasteiger partial charge in [0, 0.05) is 16.8 Å². The number of rotatable bonds is 6. The number of benzene rings is 1. The fraction of sp³-hybridized carbons (Fsp3) is 0.273. The Kier molecular flexibility index (Phi) is 5.50. The highest BCUT2D eigenvalue weighted by molar-refractivity contribution is 6.05. The number of esters is 1. The Morgan fingerprint density at radius 3 is 2.34 bits per heavy atom. The van der Waals surface area contributed by atoms with Gasteiger partial charge in [-0.1, -0.05) is 18.2 Å². The Hall–Kier alpha value is -3.48. The Labute approximate surface area is 168 Å². The van der Waals surface area contributed by atoms with Crippen molar-refractivity contribution in [3.05, 3.63) is 64.3 Å². The molecule has 7 heteroatoms. The molecule has 3 rings (SSSR count). The Bertz CT molecular complexity index is 1090. The molecule has 0 aliphatic heterocycles. The fourth-order valence-electron chi connectivity index (χ4n) is 3.29. The van der Waals surface area contributed by atoms with Crippen LogP contribution >= 0.6 is 0 Å². The van der Waals surface area contributed by atoms with Crippen molar-refractivity contribution in [2.45, 2.75) is 40.7 Å². The third-order valence-corrected chi connectivity index (χ3v) is 4.70. The van der Waals surface area contributed by atoms with E-state index in [2.05, 4.69) is 9.97 Å². The summed E-state index contributed by atoms with van der Waals surface area (Å²) in [6, 6.07) is 9.17. The molecule has 29 heavy (non-hydrogen) atoms. The number of aryl methyl sites for hydroxylation is 2. The summed E-state index contributed by atoms with van der Waals surface area (Å²) < 4.78 is 10.9. The summed E-state index contributed by atoms with van der Waals surface area (Å²) in [6.07, 6.45) is -1.06. The Morgan fingerprint density at radius 1 is 1.10 bits per heavy atom. The minimum Gasteiger partial charge on any atom is -0.449 e. The van der Waals surface area contributed by atoms with Gasteiger partial charge in [-0.15, -0.1) is 0 Å². The zero-order chi connectivity index (χ0) is 21.3. The van der Waals surface area contributed by atoms with E-state index in [0.29, 0.717) is 28.5 Å². The highest BCUT2D eigenvalue weighted by Gasteiger charge is 2.28. The van der Waals surface area contributed by atoms with Crippen LogP contribution in [-0.2, 0) is 4.74 Å². The van der Waals surface area contributed by atoms with Crippen molar-refractivity contribution in [3.63, 3.8) is 0 Å². The van der Waals surface area contributed by atoms with Crippen LogP contribution in [0.2, 0.25) is 0 Å². The quantitative estimate of drug-likeness (QED) is 0.496. The lowest BCUT2D eigenvalue weighted by Gasteiger charge is -2.11. The van der Waals surface area contributed by atoms with Crippen molar-refractivity contribution in [2.75, 3.05) is 0 Å². The molecule has 150 valence electrons. The molecule has 1 aromatic carbocycles. The maximum atomic E-state index is 12.8. The molecule has 0 radical (unpaired) electrons. The SMILES string of the molecule is CC(=O)c1c(C)[nH]c(C(=O)[C@H](C)OC(=O)c2nc(-c3ccccc3)oc2C)c1C. The number of oxazole rings is 1. The molecule has 1 N–H and O–H groups in total. The standard InChI is InChI=1S/C22H22N2O5/c1-11-17(13(3)25)12(2)23-18(11)20(26)15(5)29-22(27)19-14(4)28-21(24-19)16-9-7-6-8-10-16/h6-10,15,23H,1-5H3/t15-/m0/s1. The van der Waals surface area contributed by atoms with Gasteiger partial charge in [0.15, 0.2) is 17.6 Å². The molecule has 0 spiro atoms. The van der Waals surface area contributed by atoms with Crippen LogP contribution < -0.4 is 0 Å². The summed E-state index contributed by atoms with van der Waals surface area (Å²) in [5, 5.41) is 0. The number of ether oxygens (including phenoxy) is 1. The van der Waals surface area contributed by atoms with Crippen molar-refractivity contribution >= 4 is 17.5 Å². The number of ketones is 2. The van der Waals surface area contributed by atoms with E-state index < -0.39 is 17.9 Å². The maximum Gasteiger partial charge on any atom is 0.361 e. The minimum absolute atomic E-state index is 0.0207. The van der Waals surface area contributed by atoms with Gasteiger partial charge in [0.2, 0.25) is 11.7 Å². The number of carbonyl (C=O) groups is 3. The van der Waals surface area contributed by atoms with Crippen LogP contribution in [0.3, 0.4) is 0 Å². The normalized spacial score (nSPS) is 11.9. The minimum atomic E-state index is -1.06. The van der Waals surface area contributed by atoms with Gasteiger partial charge in [0.25, 0.3) is 0 Å². The Balaban J connectivity index is 1.79. The molecular formula is C22H22N2O5. The molecule has 0 aliphatic carbocycles. The third kappa shape index (κ3) is 3.89. The van der Waals surface area contributed by atoms with Gasteiger partial charge in [-0.2, -0.15) is 0 Å². The summed E-state index contributed by atoms with van der Waals surface area (Å²) in [4.78, 5) is 44.3. The second-order valence-electron chi connectivity index (χ2n) is 6.88. The van der Waals surface area contributed by atoms with E-state index >= 15 is 0 Å². The molecule has 0 aliphatic rings. The van der Waals surface area contributed by atoms with E-state index in [0.717, 1.165) is 5.56 Å². The van der Waals surface area contributed by atoms with Crippen molar-refractivity contribution in [3.8, 4) is 11.5 Å². The molecule has 0 unspecified atom stereocenters. The lowest BCUT2D eigenvalue weighted by atomic mass is 10.0. The summed E-state index contributed by atoms with van der Waals surface area (Å²) in [5.74, 6) is -0.695. The summed E-state index contributed by atoms with van der Waals surface area (Å²) in [5.41, 5.74) is 2.64. The van der Waals surface area contributed by atoms with Crippen molar-refractivity contribution in [1.29, 1.82) is 0 Å². The van der Waals surface area contributed by atoms with E-state index in [1.165, 1.54) is 13.8 Å². The molecule has 0 saturated heterocycles. The first-order chi connectivity index (χ1) is 13.7. The van der Waals surface area contributed by atoms with E-state index in [4.69, 9.17) is 9.15 Å². The van der Waals surface area contributed by atoms with Gasteiger partial charge >= 0.3 is 5.97 Å². The molecule has 0 bridgehead atoms. The van der Waals surface area contributed by atoms with Crippen LogP contribution in [0.5, 0.6) is 0 Å². The first-order valence-electron chi connectivity index (χ1n) is 9.18. The van der Waals surface area contributed by atoms with Gasteiger partial charge in [-0.05, 0) is 52.3 Å². The average Bonchev–Trinajstić information content (AvgIpc) is 3.21. The summed E-state index contributed by atoms with van der Waals surface area (Å²) in [6.45, 7) is 7.95. The summed E-state index contributed by atoms with van der Waals surface area (Å²) >= 11 is 0. The number of nitrogens with one attached hydrogen (secondary N) is 1. The van der Waals surface area contributed by atoms with Crippen LogP contribution in [0.1, 0.15) is 62.2 Å². The van der Waals surface area contributed by atoms with Gasteiger partial charge in [-0.3, -0.25) is 9.59 Å². The predicted molar refractivity (Wildman–Crippen MR) is 106 cm³/mol. The van der Waals surface area contributed by atoms with Gasteiger partial charge in [0.1, 0.15) is 5.76 Å². The zero-order valence-corrected chi connectivity index (χ0v) is 17.0. The maximum absolute atomic E-state index is 12.8. The molecule has 0 amide bonds. The molecule has 0 fully saturated rings. The molecule has 1 atom stereocenters. The zero-order valence-electron chi connectivity index (χ0n) is 17.0. The highest BCUT2D eigenvalue weighted by Crippen LogP contribution is 2.23. The van der Waals surface area contributed by atoms with E-state index in [9.17, 15) is 14.4 Å². The summed E-state index contributed by atoms with van der Waals surface area (Å²) in [7, 11) is 0. The number of aromatic nitrogens is 2. The van der Waals surface area contributed by atoms with Crippen LogP contribution in [-0.4, -0.2) is 33.6 Å². The molecule has 2 heterocycles. The highest BCUT2D eigenvalue weighted by atomic mass is 16.5. The van der Waals surface area contributed by atoms with E-state index in [1.54, 1.807) is 20.8 Å². The second-order valence-corrected chi connectivity index (χ2v) is 6.88. The van der Waals surface area contributed by atoms with Crippen molar-refractivity contribution < 1.29 is 23.5 Å². The van der Waals surface area contributed by atoms with Crippen LogP contribution in [0.15, 0.2) is 34.7 Å². The number of carbonyl (C=O) groups excluding carboxylic acids is 3. The lowest BCUT2D eigenvalue weighted by molar-refractivity contribution is 0.0310. The number of H-pyrrole nitrogens is 1. The van der Waals surface area contributed by atoms with E-state index in [-0.39, 0.29) is 17.2 Å². The Morgan fingerprint density at radius 2 is 1.76 bits per heavy atom. The van der Waals surface area contributed by atoms with Crippen LogP contribution in [0, 0.1) is 20.8 Å². The number of hydrogen-bond acceptors (Lipinski definition) is 6. The second kappa shape index (κ2) is 7.87. The lowest BCUT2D eigenvalue weighted by Crippen LogP contribution is -2.25. The van der Waals surface area contributed by atoms with Crippen molar-refractivity contribution in [2.24, 2.45) is 0 Å². The monoisotopic (exact) mass is 394 g/mol. The largest absolute Gasteiger partial charge is 0.449 e. The smallest absolute Gasteiger partial charge is 0.361 e. The average molecular weight is 394 g/mol. The van der Waals surface area contributed by atoms with Gasteiger partial charge in [-0.25, -0.2) is 9.78 Å². The van der Waals surface area contributed by atoms with Crippen LogP contribution in [0.25, 0.3) is 11.5 Å². The predicted octanol–water partition coefficient (Wildman–Crippen LogP) is 4.23. The topological polar surface area (TPSA) is 102 Å². The number of nitrogens with zero attached hydrogens (tertiary/aromatic N) is 1. The van der Waals surface area contributed by atoms with Gasteiger partial charge < -0.3 is 14.1 Å². The number of hydrogen-bond donors (Lipinski definition) is 1. The van der Waals surface area contributed by atoms with Gasteiger partial charge in [0.05, 0.1) is 5.69 Å². The van der Waals surface area contributed by atoms with E-state index in [1.807, 2.05) is 30.3 Å². The third-order valence-electron chi connectivity index (χ3n) is 4.70. The van der Waals surface area contributed by atoms with Crippen molar-refractivity contribution in [1.82, 2.24) is 9.97 Å². The first-order valence-corrected chi connectivity index (χ1v) is 9.18. The number of Topliss-reactive ketones (excluding diaryl/α,β-unsaturated/α-hetero) is 2. The molecular weight excluding hydrogens is 372 g/mol. The first kappa shape index (κ1) is 20.3. The molecule has 2 aromatic heterocycles. The molecule has 7 nitrogen and oxygen atoms in total. The number of aromatic amines is 1. The van der Waals surface area contributed by atoms with Crippen LogP contribution in [0.4, 0.5) is 0 Å². The molecule has 0 saturated carbocycles.